The molecule has 0 aliphatic carbocycles. The van der Waals surface area contributed by atoms with E-state index >= 15 is 0 Å². The zero-order valence-electron chi connectivity index (χ0n) is 11.7. The minimum absolute atomic E-state index is 0.136. The molecule has 0 saturated heterocycles. The van der Waals surface area contributed by atoms with Crippen molar-refractivity contribution in [2.24, 2.45) is 0 Å². The number of nitriles is 1. The number of carbonyl (C=O) groups is 1. The van der Waals surface area contributed by atoms with Crippen LogP contribution < -0.4 is 11.1 Å². The third-order valence-electron chi connectivity index (χ3n) is 3.26. The maximum Gasteiger partial charge on any atom is 0.255 e. The summed E-state index contributed by atoms with van der Waals surface area (Å²) in [5.41, 5.74) is 8.10. The Hall–Kier alpha value is -2.87. The van der Waals surface area contributed by atoms with E-state index in [0.717, 1.165) is 11.6 Å². The lowest BCUT2D eigenvalue weighted by Crippen LogP contribution is -2.14. The number of halogens is 1. The highest BCUT2D eigenvalue weighted by Crippen LogP contribution is 2.21. The fraction of sp³-hybridized carbons (Fsp3) is 0.125. The van der Waals surface area contributed by atoms with Gasteiger partial charge in [-0.15, -0.1) is 0 Å². The first kappa shape index (κ1) is 14.5. The zero-order chi connectivity index (χ0) is 15.6. The van der Waals surface area contributed by atoms with E-state index in [1.165, 1.54) is 6.07 Å². The van der Waals surface area contributed by atoms with Gasteiger partial charge in [0, 0.05) is 22.5 Å². The zero-order valence-corrected chi connectivity index (χ0v) is 11.7. The average molecular weight is 283 g/mol. The summed E-state index contributed by atoms with van der Waals surface area (Å²) in [6.45, 7) is 3.35. The minimum Gasteiger partial charge on any atom is -0.398 e. The summed E-state index contributed by atoms with van der Waals surface area (Å²) in [6.07, 6.45) is 0. The Morgan fingerprint density at radius 1 is 1.29 bits per heavy atom. The highest BCUT2D eigenvalue weighted by molar-refractivity contribution is 6.05. The first-order valence-corrected chi connectivity index (χ1v) is 6.30. The highest BCUT2D eigenvalue weighted by atomic mass is 19.1. The second-order valence-corrected chi connectivity index (χ2v) is 4.77. The van der Waals surface area contributed by atoms with Crippen molar-refractivity contribution in [2.45, 2.75) is 13.8 Å². The average Bonchev–Trinajstić information content (AvgIpc) is 2.46. The number of nitrogens with two attached hydrogens (primary N) is 1. The van der Waals surface area contributed by atoms with Crippen LogP contribution in [0.25, 0.3) is 0 Å². The minimum atomic E-state index is -0.525. The van der Waals surface area contributed by atoms with Crippen molar-refractivity contribution in [1.82, 2.24) is 0 Å². The van der Waals surface area contributed by atoms with Crippen molar-refractivity contribution in [2.75, 3.05) is 11.1 Å². The summed E-state index contributed by atoms with van der Waals surface area (Å²) in [5, 5.41) is 11.5. The van der Waals surface area contributed by atoms with Gasteiger partial charge in [0.15, 0.2) is 0 Å². The third-order valence-corrected chi connectivity index (χ3v) is 3.26. The van der Waals surface area contributed by atoms with Gasteiger partial charge in [0.25, 0.3) is 5.91 Å². The molecule has 106 valence electrons. The first-order valence-electron chi connectivity index (χ1n) is 6.30. The number of nitrogen functional groups attached to an aromatic ring is 1. The van der Waals surface area contributed by atoms with E-state index in [1.807, 2.05) is 6.07 Å². The summed E-state index contributed by atoms with van der Waals surface area (Å²) in [5.74, 6) is -0.999. The van der Waals surface area contributed by atoms with Gasteiger partial charge in [-0.05, 0) is 43.7 Å². The molecule has 0 fully saturated rings. The number of rotatable bonds is 2. The second kappa shape index (κ2) is 5.63. The normalized spacial score (nSPS) is 10.0. The lowest BCUT2D eigenvalue weighted by atomic mass is 10.1. The molecule has 3 N–H and O–H groups in total. The maximum atomic E-state index is 13.6. The molecule has 5 heteroatoms. The Morgan fingerprint density at radius 2 is 2.00 bits per heavy atom. The first-order chi connectivity index (χ1) is 9.92. The van der Waals surface area contributed by atoms with Crippen molar-refractivity contribution in [3.8, 4) is 6.07 Å². The van der Waals surface area contributed by atoms with Crippen molar-refractivity contribution in [3.05, 3.63) is 58.4 Å². The molecule has 0 radical (unpaired) electrons. The van der Waals surface area contributed by atoms with Crippen molar-refractivity contribution >= 4 is 17.3 Å². The van der Waals surface area contributed by atoms with Crippen LogP contribution in [0.4, 0.5) is 15.8 Å². The maximum absolute atomic E-state index is 13.6. The van der Waals surface area contributed by atoms with E-state index in [0.29, 0.717) is 16.8 Å². The van der Waals surface area contributed by atoms with E-state index in [9.17, 15) is 9.18 Å². The largest absolute Gasteiger partial charge is 0.398 e. The topological polar surface area (TPSA) is 78.9 Å². The van der Waals surface area contributed by atoms with Gasteiger partial charge in [-0.3, -0.25) is 4.79 Å². The van der Waals surface area contributed by atoms with E-state index in [1.54, 1.807) is 32.0 Å². The summed E-state index contributed by atoms with van der Waals surface area (Å²) < 4.78 is 13.6. The van der Waals surface area contributed by atoms with E-state index in [4.69, 9.17) is 11.0 Å². The molecule has 2 aromatic rings. The second-order valence-electron chi connectivity index (χ2n) is 4.77. The van der Waals surface area contributed by atoms with Crippen LogP contribution in [-0.2, 0) is 0 Å². The molecule has 0 atom stereocenters. The van der Waals surface area contributed by atoms with E-state index < -0.39 is 11.7 Å². The van der Waals surface area contributed by atoms with Crippen LogP contribution in [0.15, 0.2) is 30.3 Å². The Morgan fingerprint density at radius 3 is 2.62 bits per heavy atom. The third kappa shape index (κ3) is 3.00. The summed E-state index contributed by atoms with van der Waals surface area (Å²) in [7, 11) is 0. The molecule has 21 heavy (non-hydrogen) atoms. The van der Waals surface area contributed by atoms with Crippen LogP contribution in [-0.4, -0.2) is 5.91 Å². The lowest BCUT2D eigenvalue weighted by Gasteiger charge is -2.10. The Kier molecular flexibility index (Phi) is 3.90. The predicted octanol–water partition coefficient (Wildman–Crippen LogP) is 3.15. The van der Waals surface area contributed by atoms with Gasteiger partial charge in [0.2, 0.25) is 0 Å². The van der Waals surface area contributed by atoms with Gasteiger partial charge in [0.05, 0.1) is 11.6 Å². The van der Waals surface area contributed by atoms with Gasteiger partial charge in [-0.25, -0.2) is 4.39 Å². The quantitative estimate of drug-likeness (QED) is 0.831. The molecule has 0 aromatic heterocycles. The number of hydrogen-bond donors (Lipinski definition) is 2. The number of nitrogens with one attached hydrogen (secondary N) is 1. The van der Waals surface area contributed by atoms with Crippen molar-refractivity contribution < 1.29 is 9.18 Å². The SMILES string of the molecule is Cc1ccc(C#N)cc1NC(=O)c1cc(N)c(C)c(F)c1. The van der Waals surface area contributed by atoms with Gasteiger partial charge in [-0.2, -0.15) is 5.26 Å². The molecular formula is C16H14FN3O. The number of nitrogens with zero attached hydrogens (tertiary/aromatic N) is 1. The number of hydrogen-bond acceptors (Lipinski definition) is 3. The molecule has 0 aliphatic rings. The molecule has 0 saturated carbocycles. The Bertz CT molecular complexity index is 740. The fourth-order valence-corrected chi connectivity index (χ4v) is 1.85. The number of anilines is 2. The molecule has 0 aliphatic heterocycles. The van der Waals surface area contributed by atoms with E-state index in [2.05, 4.69) is 5.32 Å². The lowest BCUT2D eigenvalue weighted by molar-refractivity contribution is 0.102. The molecule has 2 rings (SSSR count). The number of carbonyl (C=O) groups excluding carboxylic acids is 1. The van der Waals surface area contributed by atoms with Crippen LogP contribution in [0.1, 0.15) is 27.0 Å². The van der Waals surface area contributed by atoms with Crippen molar-refractivity contribution in [1.29, 1.82) is 5.26 Å². The molecule has 0 heterocycles. The Labute approximate surface area is 122 Å². The standard InChI is InChI=1S/C16H14FN3O/c1-9-3-4-11(8-18)5-15(9)20-16(21)12-6-13(17)10(2)14(19)7-12/h3-7H,19H2,1-2H3,(H,20,21). The highest BCUT2D eigenvalue weighted by Gasteiger charge is 2.12. The molecule has 0 unspecified atom stereocenters. The molecular weight excluding hydrogens is 269 g/mol. The van der Waals surface area contributed by atoms with Crippen LogP contribution in [0.2, 0.25) is 0 Å². The van der Waals surface area contributed by atoms with Crippen LogP contribution >= 0.6 is 0 Å². The summed E-state index contributed by atoms with van der Waals surface area (Å²) in [6, 6.07) is 9.54. The summed E-state index contributed by atoms with van der Waals surface area (Å²) >= 11 is 0. The molecule has 0 spiro atoms. The van der Waals surface area contributed by atoms with Crippen molar-refractivity contribution in [3.63, 3.8) is 0 Å². The van der Waals surface area contributed by atoms with Gasteiger partial charge in [-0.1, -0.05) is 6.07 Å². The monoisotopic (exact) mass is 283 g/mol. The number of amides is 1. The molecule has 4 nitrogen and oxygen atoms in total. The van der Waals surface area contributed by atoms with Gasteiger partial charge in [0.1, 0.15) is 5.82 Å². The fourth-order valence-electron chi connectivity index (χ4n) is 1.85. The van der Waals surface area contributed by atoms with Gasteiger partial charge < -0.3 is 11.1 Å². The molecule has 2 aromatic carbocycles. The van der Waals surface area contributed by atoms with Crippen LogP contribution in [0.3, 0.4) is 0 Å². The Balaban J connectivity index is 2.33. The van der Waals surface area contributed by atoms with E-state index in [-0.39, 0.29) is 11.3 Å². The molecule has 0 bridgehead atoms. The van der Waals surface area contributed by atoms with Gasteiger partial charge >= 0.3 is 0 Å². The molecule has 1 amide bonds. The number of aryl methyl sites for hydroxylation is 1. The predicted molar refractivity (Wildman–Crippen MR) is 79.4 cm³/mol. The summed E-state index contributed by atoms with van der Waals surface area (Å²) in [4.78, 5) is 12.2. The number of benzene rings is 2. The van der Waals surface area contributed by atoms with Crippen LogP contribution in [0, 0.1) is 31.0 Å². The smallest absolute Gasteiger partial charge is 0.255 e. The van der Waals surface area contributed by atoms with Crippen LogP contribution in [0.5, 0.6) is 0 Å².